The maximum absolute atomic E-state index is 5.55. The predicted molar refractivity (Wildman–Crippen MR) is 44.4 cm³/mol. The highest BCUT2D eigenvalue weighted by molar-refractivity contribution is 6.21. The van der Waals surface area contributed by atoms with E-state index in [2.05, 4.69) is 20.0 Å². The van der Waals surface area contributed by atoms with E-state index < -0.39 is 0 Å². The molecule has 0 aromatic carbocycles. The Bertz CT molecular complexity index is 309. The maximum Gasteiger partial charge on any atom is 0.169 e. The minimum Gasteiger partial charge on any atom is -0.385 e. The SMILES string of the molecule is CC1=NC2C(N)=NC=NC2=N1. The molecule has 2 heterocycles. The van der Waals surface area contributed by atoms with Crippen LogP contribution >= 0.6 is 0 Å². The summed E-state index contributed by atoms with van der Waals surface area (Å²) in [5.74, 6) is 1.83. The third-order valence-electron chi connectivity index (χ3n) is 1.51. The van der Waals surface area contributed by atoms with Crippen LogP contribution in [-0.2, 0) is 0 Å². The summed E-state index contributed by atoms with van der Waals surface area (Å²) >= 11 is 0. The van der Waals surface area contributed by atoms with Gasteiger partial charge in [-0.25, -0.2) is 15.0 Å². The average molecular weight is 149 g/mol. The molecule has 0 fully saturated rings. The normalized spacial score (nSPS) is 27.4. The van der Waals surface area contributed by atoms with Gasteiger partial charge < -0.3 is 5.73 Å². The molecule has 1 atom stereocenters. The van der Waals surface area contributed by atoms with Crippen LogP contribution in [0, 0.1) is 0 Å². The summed E-state index contributed by atoms with van der Waals surface area (Å²) in [5.41, 5.74) is 5.55. The summed E-state index contributed by atoms with van der Waals surface area (Å²) in [6.07, 6.45) is 1.40. The Morgan fingerprint density at radius 1 is 1.55 bits per heavy atom. The number of hydrogen-bond donors (Lipinski definition) is 1. The van der Waals surface area contributed by atoms with Crippen LogP contribution < -0.4 is 5.73 Å². The molecular weight excluding hydrogens is 142 g/mol. The summed E-state index contributed by atoms with van der Waals surface area (Å²) in [6.45, 7) is 1.81. The number of fused-ring (bicyclic) bond motifs is 1. The summed E-state index contributed by atoms with van der Waals surface area (Å²) in [4.78, 5) is 16.0. The molecule has 0 amide bonds. The lowest BCUT2D eigenvalue weighted by Gasteiger charge is -2.08. The average Bonchev–Trinajstić information content (AvgIpc) is 2.31. The smallest absolute Gasteiger partial charge is 0.169 e. The van der Waals surface area contributed by atoms with Crippen LogP contribution in [0.5, 0.6) is 0 Å². The summed E-state index contributed by atoms with van der Waals surface area (Å²) in [6, 6.07) is -0.222. The van der Waals surface area contributed by atoms with Crippen LogP contribution in [0.15, 0.2) is 20.0 Å². The van der Waals surface area contributed by atoms with Crippen LogP contribution in [0.3, 0.4) is 0 Å². The van der Waals surface area contributed by atoms with Crippen molar-refractivity contribution in [2.45, 2.75) is 13.0 Å². The van der Waals surface area contributed by atoms with Gasteiger partial charge in [0.2, 0.25) is 0 Å². The standard InChI is InChI=1S/C6H7N5/c1-3-10-4-5(7)8-2-9-6(4)11-3/h2,4H,1H3,(H2,7,8,9,10,11). The molecule has 5 heteroatoms. The summed E-state index contributed by atoms with van der Waals surface area (Å²) in [5, 5.41) is 0. The van der Waals surface area contributed by atoms with Gasteiger partial charge in [0.15, 0.2) is 11.9 Å². The lowest BCUT2D eigenvalue weighted by Crippen LogP contribution is -2.34. The molecule has 0 bridgehead atoms. The second kappa shape index (κ2) is 1.98. The molecule has 0 aliphatic carbocycles. The highest BCUT2D eigenvalue weighted by Gasteiger charge is 2.25. The van der Waals surface area contributed by atoms with Crippen molar-refractivity contribution >= 4 is 23.8 Å². The van der Waals surface area contributed by atoms with Crippen LogP contribution in [0.2, 0.25) is 0 Å². The lowest BCUT2D eigenvalue weighted by atomic mass is 10.2. The first-order valence-corrected chi connectivity index (χ1v) is 3.26. The van der Waals surface area contributed by atoms with E-state index in [4.69, 9.17) is 5.73 Å². The highest BCUT2D eigenvalue weighted by atomic mass is 15.2. The van der Waals surface area contributed by atoms with Crippen molar-refractivity contribution in [3.8, 4) is 0 Å². The van der Waals surface area contributed by atoms with Crippen molar-refractivity contribution in [2.24, 2.45) is 25.7 Å². The fourth-order valence-electron chi connectivity index (χ4n) is 1.02. The molecular formula is C6H7N5. The van der Waals surface area contributed by atoms with E-state index in [0.29, 0.717) is 17.5 Å². The fraction of sp³-hybridized carbons (Fsp3) is 0.333. The van der Waals surface area contributed by atoms with Gasteiger partial charge in [-0.15, -0.1) is 0 Å². The van der Waals surface area contributed by atoms with Crippen LogP contribution in [0.1, 0.15) is 6.92 Å². The van der Waals surface area contributed by atoms with Gasteiger partial charge in [0.25, 0.3) is 0 Å². The van der Waals surface area contributed by atoms with Crippen molar-refractivity contribution in [1.82, 2.24) is 0 Å². The Morgan fingerprint density at radius 2 is 2.36 bits per heavy atom. The Morgan fingerprint density at radius 3 is 3.09 bits per heavy atom. The van der Waals surface area contributed by atoms with Crippen molar-refractivity contribution in [3.63, 3.8) is 0 Å². The molecule has 0 spiro atoms. The molecule has 0 aromatic heterocycles. The van der Waals surface area contributed by atoms with E-state index in [0.717, 1.165) is 0 Å². The van der Waals surface area contributed by atoms with Gasteiger partial charge in [0, 0.05) is 0 Å². The second-order valence-electron chi connectivity index (χ2n) is 2.35. The number of amidine groups is 3. The van der Waals surface area contributed by atoms with Crippen LogP contribution in [-0.4, -0.2) is 29.9 Å². The maximum atomic E-state index is 5.55. The molecule has 2 aliphatic heterocycles. The molecule has 2 aliphatic rings. The molecule has 2 N–H and O–H groups in total. The van der Waals surface area contributed by atoms with Gasteiger partial charge in [-0.1, -0.05) is 0 Å². The molecule has 2 rings (SSSR count). The predicted octanol–water partition coefficient (Wildman–Crippen LogP) is -0.415. The van der Waals surface area contributed by atoms with Gasteiger partial charge in [0.1, 0.15) is 18.0 Å². The van der Waals surface area contributed by atoms with E-state index in [-0.39, 0.29) is 6.04 Å². The molecule has 0 saturated heterocycles. The number of nitrogens with two attached hydrogens (primary N) is 1. The molecule has 56 valence electrons. The van der Waals surface area contributed by atoms with Gasteiger partial charge in [-0.05, 0) is 6.92 Å². The third kappa shape index (κ3) is 0.849. The van der Waals surface area contributed by atoms with E-state index in [9.17, 15) is 0 Å². The van der Waals surface area contributed by atoms with E-state index >= 15 is 0 Å². The summed E-state index contributed by atoms with van der Waals surface area (Å²) in [7, 11) is 0. The molecule has 0 radical (unpaired) electrons. The first-order valence-electron chi connectivity index (χ1n) is 3.26. The van der Waals surface area contributed by atoms with Crippen molar-refractivity contribution in [1.29, 1.82) is 0 Å². The first kappa shape index (κ1) is 6.21. The Balaban J connectivity index is 2.44. The summed E-state index contributed by atoms with van der Waals surface area (Å²) < 4.78 is 0. The zero-order valence-corrected chi connectivity index (χ0v) is 6.02. The molecule has 0 saturated carbocycles. The minimum absolute atomic E-state index is 0.222. The monoisotopic (exact) mass is 149 g/mol. The second-order valence-corrected chi connectivity index (χ2v) is 2.35. The minimum atomic E-state index is -0.222. The number of aliphatic imine (C=N–C) groups is 4. The molecule has 1 unspecified atom stereocenters. The van der Waals surface area contributed by atoms with Crippen LogP contribution in [0.25, 0.3) is 0 Å². The van der Waals surface area contributed by atoms with Gasteiger partial charge >= 0.3 is 0 Å². The Kier molecular flexibility index (Phi) is 1.12. The van der Waals surface area contributed by atoms with E-state index in [1.807, 2.05) is 6.92 Å². The van der Waals surface area contributed by atoms with E-state index in [1.165, 1.54) is 6.34 Å². The quantitative estimate of drug-likeness (QED) is 0.499. The third-order valence-corrected chi connectivity index (χ3v) is 1.51. The Hall–Kier alpha value is -1.52. The van der Waals surface area contributed by atoms with Crippen molar-refractivity contribution in [3.05, 3.63) is 0 Å². The number of rotatable bonds is 0. The first-order chi connectivity index (χ1) is 5.27. The largest absolute Gasteiger partial charge is 0.385 e. The van der Waals surface area contributed by atoms with Crippen LogP contribution in [0.4, 0.5) is 0 Å². The zero-order valence-electron chi connectivity index (χ0n) is 6.02. The molecule has 11 heavy (non-hydrogen) atoms. The van der Waals surface area contributed by atoms with E-state index in [1.54, 1.807) is 0 Å². The number of nitrogens with zero attached hydrogens (tertiary/aromatic N) is 4. The van der Waals surface area contributed by atoms with Gasteiger partial charge in [-0.3, -0.25) is 4.99 Å². The number of hydrogen-bond acceptors (Lipinski definition) is 5. The molecule has 0 aromatic rings. The van der Waals surface area contributed by atoms with Crippen molar-refractivity contribution < 1.29 is 0 Å². The zero-order chi connectivity index (χ0) is 7.84. The lowest BCUT2D eigenvalue weighted by molar-refractivity contribution is 1.11. The Labute approximate surface area is 63.5 Å². The molecule has 5 nitrogen and oxygen atoms in total. The highest BCUT2D eigenvalue weighted by Crippen LogP contribution is 2.09. The van der Waals surface area contributed by atoms with Crippen molar-refractivity contribution in [2.75, 3.05) is 0 Å². The topological polar surface area (TPSA) is 75.5 Å². The fourth-order valence-corrected chi connectivity index (χ4v) is 1.02. The van der Waals surface area contributed by atoms with Gasteiger partial charge in [0.05, 0.1) is 0 Å². The van der Waals surface area contributed by atoms with Gasteiger partial charge in [-0.2, -0.15) is 0 Å².